The molecule has 0 spiro atoms. The molecule has 0 radical (unpaired) electrons. The van der Waals surface area contributed by atoms with Crippen molar-refractivity contribution in [2.75, 3.05) is 13.1 Å². The van der Waals surface area contributed by atoms with Gasteiger partial charge in [0, 0.05) is 18.3 Å². The Balaban J connectivity index is 2.01. The summed E-state index contributed by atoms with van der Waals surface area (Å²) in [5.41, 5.74) is 0.835. The molecule has 1 aromatic heterocycles. The van der Waals surface area contributed by atoms with Crippen LogP contribution in [0.15, 0.2) is 24.5 Å². The van der Waals surface area contributed by atoms with Crippen LogP contribution in [-0.4, -0.2) is 22.9 Å². The zero-order valence-electron chi connectivity index (χ0n) is 11.9. The van der Waals surface area contributed by atoms with Gasteiger partial charge in [-0.15, -0.1) is 0 Å². The topological polar surface area (TPSA) is 29.9 Å². The predicted molar refractivity (Wildman–Crippen MR) is 74.9 cm³/mol. The molecule has 21 heavy (non-hydrogen) atoms. The smallest absolute Gasteiger partial charge is 0.161 e. The van der Waals surface area contributed by atoms with Crippen LogP contribution in [0, 0.1) is 17.5 Å². The van der Waals surface area contributed by atoms with Crippen LogP contribution in [0.25, 0.3) is 5.69 Å². The zero-order chi connectivity index (χ0) is 15.2. The molecule has 0 saturated carbocycles. The van der Waals surface area contributed by atoms with Gasteiger partial charge in [0.25, 0.3) is 0 Å². The minimum absolute atomic E-state index is 0.0933. The number of aromatic nitrogens is 2. The van der Waals surface area contributed by atoms with Gasteiger partial charge in [-0.05, 0) is 37.9 Å². The van der Waals surface area contributed by atoms with Gasteiger partial charge < -0.3 is 5.32 Å². The Hall–Kier alpha value is -1.82. The van der Waals surface area contributed by atoms with Crippen molar-refractivity contribution < 1.29 is 13.2 Å². The lowest BCUT2D eigenvalue weighted by molar-refractivity contribution is 0.491. The Morgan fingerprint density at radius 1 is 1.10 bits per heavy atom. The highest BCUT2D eigenvalue weighted by atomic mass is 19.2. The maximum Gasteiger partial charge on any atom is 0.161 e. The van der Waals surface area contributed by atoms with Gasteiger partial charge >= 0.3 is 0 Å². The zero-order valence-corrected chi connectivity index (χ0v) is 11.9. The van der Waals surface area contributed by atoms with Crippen LogP contribution in [0.1, 0.15) is 25.3 Å². The lowest BCUT2D eigenvalue weighted by Gasteiger charge is -2.04. The van der Waals surface area contributed by atoms with Crippen LogP contribution in [0.5, 0.6) is 0 Å². The van der Waals surface area contributed by atoms with Crippen molar-refractivity contribution in [1.29, 1.82) is 0 Å². The van der Waals surface area contributed by atoms with Gasteiger partial charge in [0.1, 0.15) is 5.69 Å². The normalized spacial score (nSPS) is 11.0. The standard InChI is InChI=1S/C15H18F3N3/c1-2-5-19-6-3-4-11-9-20-21(10-11)15-8-13(17)12(16)7-14(15)18/h7-10,19H,2-6H2,1H3. The van der Waals surface area contributed by atoms with Crippen molar-refractivity contribution in [2.24, 2.45) is 0 Å². The monoisotopic (exact) mass is 297 g/mol. The van der Waals surface area contributed by atoms with E-state index < -0.39 is 17.5 Å². The van der Waals surface area contributed by atoms with Gasteiger partial charge in [-0.2, -0.15) is 5.10 Å². The lowest BCUT2D eigenvalue weighted by atomic mass is 10.2. The molecule has 1 heterocycles. The number of hydrogen-bond acceptors (Lipinski definition) is 2. The Morgan fingerprint density at radius 2 is 1.86 bits per heavy atom. The molecule has 2 aromatic rings. The molecule has 0 unspecified atom stereocenters. The van der Waals surface area contributed by atoms with Crippen LogP contribution in [0.4, 0.5) is 13.2 Å². The highest BCUT2D eigenvalue weighted by molar-refractivity contribution is 5.34. The van der Waals surface area contributed by atoms with Crippen molar-refractivity contribution in [2.45, 2.75) is 26.2 Å². The van der Waals surface area contributed by atoms with Crippen molar-refractivity contribution in [3.8, 4) is 5.69 Å². The van der Waals surface area contributed by atoms with E-state index in [1.807, 2.05) is 0 Å². The van der Waals surface area contributed by atoms with E-state index in [4.69, 9.17) is 0 Å². The van der Waals surface area contributed by atoms with Crippen molar-refractivity contribution in [1.82, 2.24) is 15.1 Å². The third-order valence-corrected chi connectivity index (χ3v) is 3.12. The maximum absolute atomic E-state index is 13.6. The second-order valence-electron chi connectivity index (χ2n) is 4.86. The first-order valence-electron chi connectivity index (χ1n) is 7.01. The van der Waals surface area contributed by atoms with Crippen LogP contribution < -0.4 is 5.32 Å². The molecule has 3 nitrogen and oxygen atoms in total. The van der Waals surface area contributed by atoms with E-state index in [-0.39, 0.29) is 5.69 Å². The molecule has 6 heteroatoms. The molecule has 0 fully saturated rings. The first-order valence-corrected chi connectivity index (χ1v) is 7.01. The van der Waals surface area contributed by atoms with E-state index in [1.54, 1.807) is 12.4 Å². The predicted octanol–water partition coefficient (Wildman–Crippen LogP) is 3.22. The molecular weight excluding hydrogens is 279 g/mol. The highest BCUT2D eigenvalue weighted by Crippen LogP contribution is 2.18. The maximum atomic E-state index is 13.6. The van der Waals surface area contributed by atoms with Crippen LogP contribution >= 0.6 is 0 Å². The summed E-state index contributed by atoms with van der Waals surface area (Å²) >= 11 is 0. The van der Waals surface area contributed by atoms with Crippen molar-refractivity contribution in [3.63, 3.8) is 0 Å². The quantitative estimate of drug-likeness (QED) is 0.628. The minimum atomic E-state index is -1.20. The molecule has 0 aliphatic carbocycles. The molecule has 1 N–H and O–H groups in total. The number of nitrogens with zero attached hydrogens (tertiary/aromatic N) is 2. The van der Waals surface area contributed by atoms with Gasteiger partial charge in [-0.25, -0.2) is 17.9 Å². The molecule has 0 bridgehead atoms. The Labute approximate surface area is 121 Å². The highest BCUT2D eigenvalue weighted by Gasteiger charge is 2.12. The van der Waals surface area contributed by atoms with Crippen molar-refractivity contribution in [3.05, 3.63) is 47.5 Å². The van der Waals surface area contributed by atoms with Gasteiger partial charge in [0.15, 0.2) is 17.5 Å². The Bertz CT molecular complexity index is 596. The molecule has 0 atom stereocenters. The molecule has 2 rings (SSSR count). The summed E-state index contributed by atoms with van der Waals surface area (Å²) < 4.78 is 40.9. The number of rotatable bonds is 7. The fraction of sp³-hybridized carbons (Fsp3) is 0.400. The van der Waals surface area contributed by atoms with Gasteiger partial charge in [-0.1, -0.05) is 6.92 Å². The Morgan fingerprint density at radius 3 is 2.62 bits per heavy atom. The number of hydrogen-bond donors (Lipinski definition) is 1. The lowest BCUT2D eigenvalue weighted by Crippen LogP contribution is -2.16. The van der Waals surface area contributed by atoms with Crippen LogP contribution in [0.2, 0.25) is 0 Å². The number of nitrogens with one attached hydrogen (secondary N) is 1. The summed E-state index contributed by atoms with van der Waals surface area (Å²) in [5, 5.41) is 7.29. The average Bonchev–Trinajstić information content (AvgIpc) is 2.91. The Kier molecular flexibility index (Phi) is 5.38. The van der Waals surface area contributed by atoms with E-state index in [0.717, 1.165) is 44.0 Å². The van der Waals surface area contributed by atoms with Gasteiger partial charge in [0.05, 0.1) is 6.20 Å². The molecule has 0 aliphatic heterocycles. The molecule has 0 saturated heterocycles. The summed E-state index contributed by atoms with van der Waals surface area (Å²) in [4.78, 5) is 0. The van der Waals surface area contributed by atoms with E-state index in [1.165, 1.54) is 4.68 Å². The third kappa shape index (κ3) is 4.07. The van der Waals surface area contributed by atoms with Gasteiger partial charge in [0.2, 0.25) is 0 Å². The number of benzene rings is 1. The summed E-state index contributed by atoms with van der Waals surface area (Å²) in [6, 6.07) is 1.34. The first-order chi connectivity index (χ1) is 10.1. The third-order valence-electron chi connectivity index (χ3n) is 3.12. The second-order valence-corrected chi connectivity index (χ2v) is 4.86. The molecule has 114 valence electrons. The van der Waals surface area contributed by atoms with E-state index in [0.29, 0.717) is 6.07 Å². The molecule has 1 aromatic carbocycles. The largest absolute Gasteiger partial charge is 0.317 e. The molecular formula is C15H18F3N3. The molecule has 0 aliphatic rings. The van der Waals surface area contributed by atoms with Crippen LogP contribution in [-0.2, 0) is 6.42 Å². The van der Waals surface area contributed by atoms with Crippen LogP contribution in [0.3, 0.4) is 0 Å². The summed E-state index contributed by atoms with van der Waals surface area (Å²) in [6.07, 6.45) is 6.07. The molecule has 0 amide bonds. The van der Waals surface area contributed by atoms with Crippen molar-refractivity contribution >= 4 is 0 Å². The summed E-state index contributed by atoms with van der Waals surface area (Å²) in [7, 11) is 0. The summed E-state index contributed by atoms with van der Waals surface area (Å²) in [5.74, 6) is -3.13. The average molecular weight is 297 g/mol. The second kappa shape index (κ2) is 7.26. The van der Waals surface area contributed by atoms with E-state index in [9.17, 15) is 13.2 Å². The fourth-order valence-corrected chi connectivity index (χ4v) is 2.03. The number of aryl methyl sites for hydroxylation is 1. The minimum Gasteiger partial charge on any atom is -0.317 e. The number of halogens is 3. The first kappa shape index (κ1) is 15.6. The van der Waals surface area contributed by atoms with E-state index >= 15 is 0 Å². The van der Waals surface area contributed by atoms with Gasteiger partial charge in [-0.3, -0.25) is 0 Å². The summed E-state index contributed by atoms with van der Waals surface area (Å²) in [6.45, 7) is 3.99. The van der Waals surface area contributed by atoms with E-state index in [2.05, 4.69) is 17.3 Å². The fourth-order valence-electron chi connectivity index (χ4n) is 2.03. The SMILES string of the molecule is CCCNCCCc1cnn(-c2cc(F)c(F)cc2F)c1.